The summed E-state index contributed by atoms with van der Waals surface area (Å²) in [5, 5.41) is 1.55. The standard InChI is InChI=1S/C13H26O2Si/c1-6-10-9-13(16(14-4)15-5)12(8-3)11(10)7-2/h10-11,16H,6-9H2,1-5H3. The van der Waals surface area contributed by atoms with Crippen molar-refractivity contribution in [2.24, 2.45) is 11.8 Å². The van der Waals surface area contributed by atoms with Crippen molar-refractivity contribution in [1.29, 1.82) is 0 Å². The minimum atomic E-state index is -1.55. The second kappa shape index (κ2) is 6.57. The molecule has 0 saturated carbocycles. The number of hydrogen-bond donors (Lipinski definition) is 0. The smallest absolute Gasteiger partial charge is 0.351 e. The van der Waals surface area contributed by atoms with Crippen LogP contribution in [0, 0.1) is 11.8 Å². The fourth-order valence-corrected chi connectivity index (χ4v) is 5.18. The van der Waals surface area contributed by atoms with Crippen molar-refractivity contribution in [2.45, 2.75) is 46.5 Å². The summed E-state index contributed by atoms with van der Waals surface area (Å²) in [4.78, 5) is 0. The largest absolute Gasteiger partial charge is 0.397 e. The van der Waals surface area contributed by atoms with E-state index in [4.69, 9.17) is 8.85 Å². The van der Waals surface area contributed by atoms with Crippen LogP contribution in [0.25, 0.3) is 0 Å². The van der Waals surface area contributed by atoms with E-state index in [0.717, 1.165) is 11.8 Å². The van der Waals surface area contributed by atoms with Gasteiger partial charge in [-0.05, 0) is 36.3 Å². The molecule has 0 bridgehead atoms. The Hall–Kier alpha value is -0.123. The van der Waals surface area contributed by atoms with Gasteiger partial charge >= 0.3 is 9.28 Å². The van der Waals surface area contributed by atoms with Gasteiger partial charge in [-0.15, -0.1) is 0 Å². The molecule has 0 aromatic heterocycles. The van der Waals surface area contributed by atoms with E-state index in [-0.39, 0.29) is 0 Å². The molecule has 3 heteroatoms. The Kier molecular flexibility index (Phi) is 5.73. The van der Waals surface area contributed by atoms with Gasteiger partial charge in [-0.25, -0.2) is 0 Å². The monoisotopic (exact) mass is 242 g/mol. The highest BCUT2D eigenvalue weighted by Crippen LogP contribution is 2.43. The minimum absolute atomic E-state index is 0.783. The molecule has 0 amide bonds. The van der Waals surface area contributed by atoms with Crippen molar-refractivity contribution < 1.29 is 8.85 Å². The van der Waals surface area contributed by atoms with Gasteiger partial charge in [-0.3, -0.25) is 0 Å². The third-order valence-electron chi connectivity index (χ3n) is 3.97. The molecule has 0 spiro atoms. The number of hydrogen-bond acceptors (Lipinski definition) is 2. The Morgan fingerprint density at radius 1 is 1.12 bits per heavy atom. The van der Waals surface area contributed by atoms with E-state index in [1.807, 2.05) is 0 Å². The SMILES string of the molecule is CCC1=C([SiH](OC)OC)CC(CC)C1CC. The molecule has 0 fully saturated rings. The normalized spacial score (nSPS) is 25.9. The van der Waals surface area contributed by atoms with Gasteiger partial charge in [0.15, 0.2) is 0 Å². The Morgan fingerprint density at radius 3 is 2.12 bits per heavy atom. The van der Waals surface area contributed by atoms with E-state index >= 15 is 0 Å². The molecule has 1 aliphatic rings. The van der Waals surface area contributed by atoms with E-state index in [0.29, 0.717) is 0 Å². The first-order valence-electron chi connectivity index (χ1n) is 6.50. The first-order valence-corrected chi connectivity index (χ1v) is 8.02. The summed E-state index contributed by atoms with van der Waals surface area (Å²) < 4.78 is 11.1. The molecular weight excluding hydrogens is 216 g/mol. The molecule has 0 saturated heterocycles. The van der Waals surface area contributed by atoms with Crippen LogP contribution in [0.1, 0.15) is 46.5 Å². The van der Waals surface area contributed by atoms with Crippen molar-refractivity contribution in [1.82, 2.24) is 0 Å². The van der Waals surface area contributed by atoms with Gasteiger partial charge in [0.1, 0.15) is 0 Å². The molecule has 1 aliphatic carbocycles. The van der Waals surface area contributed by atoms with Crippen LogP contribution in [0.3, 0.4) is 0 Å². The molecule has 2 nitrogen and oxygen atoms in total. The topological polar surface area (TPSA) is 18.5 Å². The number of allylic oxidation sites excluding steroid dienone is 2. The van der Waals surface area contributed by atoms with Crippen LogP contribution in [0.2, 0.25) is 0 Å². The van der Waals surface area contributed by atoms with E-state index in [2.05, 4.69) is 20.8 Å². The van der Waals surface area contributed by atoms with E-state index in [1.54, 1.807) is 25.0 Å². The maximum Gasteiger partial charge on any atom is 0.351 e. The molecule has 94 valence electrons. The molecular formula is C13H26O2Si. The van der Waals surface area contributed by atoms with Crippen molar-refractivity contribution in [3.63, 3.8) is 0 Å². The maximum atomic E-state index is 5.56. The minimum Gasteiger partial charge on any atom is -0.397 e. The molecule has 16 heavy (non-hydrogen) atoms. The first-order chi connectivity index (χ1) is 7.73. The number of rotatable bonds is 6. The Labute approximate surface area is 102 Å². The summed E-state index contributed by atoms with van der Waals surface area (Å²) >= 11 is 0. The molecule has 0 N–H and O–H groups in total. The Morgan fingerprint density at radius 2 is 1.75 bits per heavy atom. The van der Waals surface area contributed by atoms with Gasteiger partial charge in [0.25, 0.3) is 0 Å². The summed E-state index contributed by atoms with van der Waals surface area (Å²) in [6.45, 7) is 6.88. The lowest BCUT2D eigenvalue weighted by molar-refractivity contribution is 0.284. The highest BCUT2D eigenvalue weighted by Gasteiger charge is 2.35. The van der Waals surface area contributed by atoms with Crippen LogP contribution < -0.4 is 0 Å². The van der Waals surface area contributed by atoms with Gasteiger partial charge in [0, 0.05) is 14.2 Å². The lowest BCUT2D eigenvalue weighted by atomic mass is 9.86. The third kappa shape index (κ3) is 2.58. The second-order valence-corrected chi connectivity index (χ2v) is 6.90. The Balaban J connectivity index is 2.94. The van der Waals surface area contributed by atoms with Gasteiger partial charge in [-0.1, -0.05) is 32.8 Å². The Bertz CT molecular complexity index is 246. The molecule has 0 radical (unpaired) electrons. The van der Waals surface area contributed by atoms with Crippen LogP contribution in [0.15, 0.2) is 10.8 Å². The van der Waals surface area contributed by atoms with Crippen LogP contribution in [-0.4, -0.2) is 23.5 Å². The molecule has 2 atom stereocenters. The highest BCUT2D eigenvalue weighted by atomic mass is 28.3. The van der Waals surface area contributed by atoms with Crippen molar-refractivity contribution in [2.75, 3.05) is 14.2 Å². The lowest BCUT2D eigenvalue weighted by Crippen LogP contribution is -2.23. The fraction of sp³-hybridized carbons (Fsp3) is 0.846. The van der Waals surface area contributed by atoms with Gasteiger partial charge in [0.05, 0.1) is 0 Å². The van der Waals surface area contributed by atoms with E-state index in [1.165, 1.54) is 25.7 Å². The van der Waals surface area contributed by atoms with E-state index in [9.17, 15) is 0 Å². The predicted octanol–water partition coefficient (Wildman–Crippen LogP) is 3.20. The summed E-state index contributed by atoms with van der Waals surface area (Å²) in [5.74, 6) is 1.61. The van der Waals surface area contributed by atoms with Crippen molar-refractivity contribution >= 4 is 9.28 Å². The molecule has 0 heterocycles. The molecule has 0 aromatic carbocycles. The second-order valence-electron chi connectivity index (χ2n) is 4.59. The zero-order valence-corrected chi connectivity index (χ0v) is 12.5. The summed E-state index contributed by atoms with van der Waals surface area (Å²) in [7, 11) is 2.04. The molecule has 0 aliphatic heterocycles. The maximum absolute atomic E-state index is 5.56. The van der Waals surface area contributed by atoms with Crippen LogP contribution >= 0.6 is 0 Å². The van der Waals surface area contributed by atoms with Gasteiger partial charge in [-0.2, -0.15) is 0 Å². The van der Waals surface area contributed by atoms with Gasteiger partial charge in [0.2, 0.25) is 0 Å². The van der Waals surface area contributed by atoms with Crippen molar-refractivity contribution in [3.8, 4) is 0 Å². The van der Waals surface area contributed by atoms with Crippen LogP contribution in [-0.2, 0) is 8.85 Å². The summed E-state index contributed by atoms with van der Waals surface area (Å²) in [6.07, 6.45) is 4.93. The van der Waals surface area contributed by atoms with Gasteiger partial charge < -0.3 is 8.85 Å². The lowest BCUT2D eigenvalue weighted by Gasteiger charge is -2.19. The first kappa shape index (κ1) is 13.9. The quantitative estimate of drug-likeness (QED) is 0.666. The molecule has 2 unspecified atom stereocenters. The predicted molar refractivity (Wildman–Crippen MR) is 70.7 cm³/mol. The van der Waals surface area contributed by atoms with Crippen LogP contribution in [0.4, 0.5) is 0 Å². The zero-order valence-electron chi connectivity index (χ0n) is 11.4. The zero-order chi connectivity index (χ0) is 12.1. The van der Waals surface area contributed by atoms with Crippen molar-refractivity contribution in [3.05, 3.63) is 10.8 Å². The highest BCUT2D eigenvalue weighted by molar-refractivity contribution is 6.54. The molecule has 1 rings (SSSR count). The third-order valence-corrected chi connectivity index (χ3v) is 6.00. The molecule has 0 aromatic rings. The fourth-order valence-electron chi connectivity index (χ4n) is 3.20. The van der Waals surface area contributed by atoms with Crippen LogP contribution in [0.5, 0.6) is 0 Å². The van der Waals surface area contributed by atoms with E-state index < -0.39 is 9.28 Å². The summed E-state index contributed by atoms with van der Waals surface area (Å²) in [6, 6.07) is 0. The average Bonchev–Trinajstić information content (AvgIpc) is 2.68. The average molecular weight is 242 g/mol. The summed E-state index contributed by atoms with van der Waals surface area (Å²) in [5.41, 5.74) is 1.65.